The maximum Gasteiger partial charge on any atom is 0.119 e. The van der Waals surface area contributed by atoms with Gasteiger partial charge in [0.05, 0.1) is 0 Å². The van der Waals surface area contributed by atoms with Crippen molar-refractivity contribution >= 4 is 5.57 Å². The molecule has 0 spiro atoms. The van der Waals surface area contributed by atoms with Crippen LogP contribution in [0.25, 0.3) is 5.57 Å². The van der Waals surface area contributed by atoms with E-state index in [4.69, 9.17) is 4.74 Å². The Hall–Kier alpha value is -2.58. The van der Waals surface area contributed by atoms with Gasteiger partial charge in [0.25, 0.3) is 0 Å². The highest BCUT2D eigenvalue weighted by atomic mass is 16.5. The van der Waals surface area contributed by atoms with Crippen molar-refractivity contribution in [2.45, 2.75) is 54.9 Å². The molecule has 0 aromatic heterocycles. The highest BCUT2D eigenvalue weighted by molar-refractivity contribution is 5.85. The van der Waals surface area contributed by atoms with E-state index in [-0.39, 0.29) is 0 Å². The number of ether oxygens (including phenoxy) is 1. The molecule has 0 aliphatic rings. The van der Waals surface area contributed by atoms with Gasteiger partial charge in [-0.3, -0.25) is 0 Å². The van der Waals surface area contributed by atoms with Crippen LogP contribution in [0.3, 0.4) is 0 Å². The standard InChI is InChI=1S/C25H31NO.2C2H6/c1-5-11-20(6-2)24(7-3)25(21-12-9-8-10-13-21)22-14-16-23(17-15-22)27-19-18-26-4;2*1-2/h5-6,8-17,26H,7,18-19H2,1-4H3;2*1-2H3/b11-5-,20-6+,25-24-;;. The summed E-state index contributed by atoms with van der Waals surface area (Å²) < 4.78 is 5.78. The van der Waals surface area contributed by atoms with E-state index in [0.29, 0.717) is 6.61 Å². The Labute approximate surface area is 191 Å². The molecule has 170 valence electrons. The van der Waals surface area contributed by atoms with Gasteiger partial charge in [-0.05, 0) is 67.3 Å². The minimum atomic E-state index is 0.668. The molecule has 1 N–H and O–H groups in total. The molecule has 0 bridgehead atoms. The molecule has 0 atom stereocenters. The maximum atomic E-state index is 5.78. The zero-order valence-electron chi connectivity index (χ0n) is 21.0. The van der Waals surface area contributed by atoms with Gasteiger partial charge < -0.3 is 10.1 Å². The molecule has 31 heavy (non-hydrogen) atoms. The molecule has 0 saturated carbocycles. The average molecular weight is 422 g/mol. The summed E-state index contributed by atoms with van der Waals surface area (Å²) in [6.45, 7) is 15.9. The number of likely N-dealkylation sites (N-methyl/N-ethyl adjacent to an activating group) is 1. The minimum absolute atomic E-state index is 0.668. The fraction of sp³-hybridized carbons (Fsp3) is 0.379. The lowest BCUT2D eigenvalue weighted by molar-refractivity contribution is 0.318. The van der Waals surface area contributed by atoms with Crippen LogP contribution in [0.4, 0.5) is 0 Å². The first kappa shape index (κ1) is 28.4. The Morgan fingerprint density at radius 2 is 1.45 bits per heavy atom. The van der Waals surface area contributed by atoms with Crippen LogP contribution in [-0.2, 0) is 0 Å². The fourth-order valence-corrected chi connectivity index (χ4v) is 3.18. The predicted octanol–water partition coefficient (Wildman–Crippen LogP) is 8.07. The second-order valence-corrected chi connectivity index (χ2v) is 6.29. The lowest BCUT2D eigenvalue weighted by atomic mass is 9.88. The van der Waals surface area contributed by atoms with Crippen LogP contribution in [0.1, 0.15) is 66.0 Å². The van der Waals surface area contributed by atoms with Gasteiger partial charge in [0.1, 0.15) is 12.4 Å². The average Bonchev–Trinajstić information content (AvgIpc) is 2.85. The molecule has 0 radical (unpaired) electrons. The Bertz CT molecular complexity index is 783. The quantitative estimate of drug-likeness (QED) is 0.326. The van der Waals surface area contributed by atoms with E-state index in [9.17, 15) is 0 Å². The molecule has 0 fully saturated rings. The van der Waals surface area contributed by atoms with Gasteiger partial charge in [0.15, 0.2) is 0 Å². The Balaban J connectivity index is 0.00000212. The van der Waals surface area contributed by atoms with Crippen molar-refractivity contribution in [2.24, 2.45) is 0 Å². The van der Waals surface area contributed by atoms with Gasteiger partial charge in [-0.1, -0.05) is 95.3 Å². The molecular weight excluding hydrogens is 378 g/mol. The van der Waals surface area contributed by atoms with E-state index in [0.717, 1.165) is 18.7 Å². The summed E-state index contributed by atoms with van der Waals surface area (Å²) in [5.41, 5.74) is 6.36. The van der Waals surface area contributed by atoms with Gasteiger partial charge in [-0.2, -0.15) is 0 Å². The maximum absolute atomic E-state index is 5.78. The largest absolute Gasteiger partial charge is 0.492 e. The zero-order chi connectivity index (χ0) is 23.5. The summed E-state index contributed by atoms with van der Waals surface area (Å²) in [5, 5.41) is 3.10. The third-order valence-corrected chi connectivity index (χ3v) is 4.49. The van der Waals surface area contributed by atoms with Crippen LogP contribution < -0.4 is 10.1 Å². The number of benzene rings is 2. The van der Waals surface area contributed by atoms with E-state index in [1.165, 1.54) is 27.8 Å². The van der Waals surface area contributed by atoms with E-state index in [2.05, 4.69) is 98.9 Å². The smallest absolute Gasteiger partial charge is 0.119 e. The van der Waals surface area contributed by atoms with E-state index in [1.54, 1.807) is 0 Å². The zero-order valence-corrected chi connectivity index (χ0v) is 21.0. The highest BCUT2D eigenvalue weighted by Gasteiger charge is 2.13. The van der Waals surface area contributed by atoms with Crippen molar-refractivity contribution in [1.82, 2.24) is 5.32 Å². The number of hydrogen-bond donors (Lipinski definition) is 1. The summed E-state index contributed by atoms with van der Waals surface area (Å²) >= 11 is 0. The Morgan fingerprint density at radius 3 is 1.94 bits per heavy atom. The molecule has 2 heteroatoms. The molecule has 2 aromatic carbocycles. The molecule has 0 saturated heterocycles. The second-order valence-electron chi connectivity index (χ2n) is 6.29. The van der Waals surface area contributed by atoms with E-state index < -0.39 is 0 Å². The number of nitrogens with one attached hydrogen (secondary N) is 1. The molecule has 2 aromatic rings. The topological polar surface area (TPSA) is 21.3 Å². The third-order valence-electron chi connectivity index (χ3n) is 4.49. The van der Waals surface area contributed by atoms with Gasteiger partial charge in [-0.25, -0.2) is 0 Å². The van der Waals surface area contributed by atoms with Crippen LogP contribution >= 0.6 is 0 Å². The van der Waals surface area contributed by atoms with Crippen molar-refractivity contribution in [2.75, 3.05) is 20.2 Å². The lowest BCUT2D eigenvalue weighted by Crippen LogP contribution is -2.15. The predicted molar refractivity (Wildman–Crippen MR) is 140 cm³/mol. The molecule has 2 rings (SSSR count). The summed E-state index contributed by atoms with van der Waals surface area (Å²) in [6, 6.07) is 19.1. The third kappa shape index (κ3) is 9.40. The fourth-order valence-electron chi connectivity index (χ4n) is 3.18. The van der Waals surface area contributed by atoms with Crippen LogP contribution in [-0.4, -0.2) is 20.2 Å². The van der Waals surface area contributed by atoms with Crippen LogP contribution in [0, 0.1) is 0 Å². The van der Waals surface area contributed by atoms with Crippen molar-refractivity contribution < 1.29 is 4.74 Å². The summed E-state index contributed by atoms with van der Waals surface area (Å²) in [6.07, 6.45) is 7.45. The second kappa shape index (κ2) is 18.2. The molecule has 0 heterocycles. The van der Waals surface area contributed by atoms with Crippen LogP contribution in [0.15, 0.2) is 84.0 Å². The SMILES string of the molecule is CC.CC.C\C=C/C(=C\C)C(/CC)=C(/c1ccccc1)c1ccc(OCCNC)cc1. The van der Waals surface area contributed by atoms with Crippen molar-refractivity contribution in [3.05, 3.63) is 95.1 Å². The van der Waals surface area contributed by atoms with Gasteiger partial charge in [0, 0.05) is 6.54 Å². The minimum Gasteiger partial charge on any atom is -0.492 e. The van der Waals surface area contributed by atoms with E-state index in [1.807, 2.05) is 34.7 Å². The Morgan fingerprint density at radius 1 is 0.871 bits per heavy atom. The first-order valence-corrected chi connectivity index (χ1v) is 11.7. The summed E-state index contributed by atoms with van der Waals surface area (Å²) in [7, 11) is 1.93. The van der Waals surface area contributed by atoms with Crippen LogP contribution in [0.2, 0.25) is 0 Å². The first-order valence-electron chi connectivity index (χ1n) is 11.7. The molecule has 0 unspecified atom stereocenters. The Kier molecular flexibility index (Phi) is 16.7. The number of allylic oxidation sites excluding steroid dienone is 5. The molecule has 0 aliphatic carbocycles. The normalized spacial score (nSPS) is 11.7. The first-order chi connectivity index (χ1) is 15.2. The van der Waals surface area contributed by atoms with Crippen molar-refractivity contribution in [1.29, 1.82) is 0 Å². The monoisotopic (exact) mass is 421 g/mol. The lowest BCUT2D eigenvalue weighted by Gasteiger charge is -2.17. The molecule has 0 aliphatic heterocycles. The van der Waals surface area contributed by atoms with Crippen molar-refractivity contribution in [3.63, 3.8) is 0 Å². The van der Waals surface area contributed by atoms with Gasteiger partial charge in [0.2, 0.25) is 0 Å². The van der Waals surface area contributed by atoms with Gasteiger partial charge in [-0.15, -0.1) is 0 Å². The summed E-state index contributed by atoms with van der Waals surface area (Å²) in [4.78, 5) is 0. The number of rotatable bonds is 9. The molecular formula is C29H43NO. The molecule has 2 nitrogen and oxygen atoms in total. The summed E-state index contributed by atoms with van der Waals surface area (Å²) in [5.74, 6) is 0.902. The highest BCUT2D eigenvalue weighted by Crippen LogP contribution is 2.33. The van der Waals surface area contributed by atoms with Crippen molar-refractivity contribution in [3.8, 4) is 5.75 Å². The molecule has 0 amide bonds. The van der Waals surface area contributed by atoms with Crippen LogP contribution in [0.5, 0.6) is 5.75 Å². The van der Waals surface area contributed by atoms with E-state index >= 15 is 0 Å². The van der Waals surface area contributed by atoms with Gasteiger partial charge >= 0.3 is 0 Å². The number of hydrogen-bond acceptors (Lipinski definition) is 2.